The highest BCUT2D eigenvalue weighted by atomic mass is 16.7. The van der Waals surface area contributed by atoms with Gasteiger partial charge < -0.3 is 99.2 Å². The Balaban J connectivity index is 1.34. The van der Waals surface area contributed by atoms with Crippen LogP contribution in [-0.4, -0.2) is 172 Å². The van der Waals surface area contributed by atoms with Gasteiger partial charge in [-0.2, -0.15) is 0 Å². The second-order valence-electron chi connectivity index (χ2n) is 13.1. The molecule has 298 valence electrons. The molecule has 3 aromatic rings. The second kappa shape index (κ2) is 15.7. The number of hydrogen-bond acceptors (Lipinski definition) is 21. The van der Waals surface area contributed by atoms with Crippen molar-refractivity contribution >= 4 is 11.0 Å². The molecule has 1 unspecified atom stereocenters. The minimum atomic E-state index is -2.06. The molecule has 21 heteroatoms. The van der Waals surface area contributed by atoms with E-state index in [1.165, 1.54) is 13.0 Å². The van der Waals surface area contributed by atoms with Gasteiger partial charge in [-0.25, -0.2) is 0 Å². The largest absolute Gasteiger partial charge is 0.508 e. The van der Waals surface area contributed by atoms with Crippen molar-refractivity contribution < 1.29 is 99.2 Å². The molecular weight excluding hydrogens is 732 g/mol. The Morgan fingerprint density at radius 1 is 0.648 bits per heavy atom. The van der Waals surface area contributed by atoms with Gasteiger partial charge in [0.05, 0.1) is 19.3 Å². The minimum Gasteiger partial charge on any atom is -0.508 e. The molecule has 0 bridgehead atoms. The fourth-order valence-electron chi connectivity index (χ4n) is 6.21. The SMILES string of the molecule is C[C@@H]1O[C@@H](OC[C@H]2O[C@@H](Oc3c(-c4ccc(O)c(OC5O[C@H](CO)[C@@H](O)[C@H](O)[C@H]5O)c4)oc4cc(O)cc(O)c4c3=O)[C@H](O)[C@@H](O)[C@@H]2O)[C@H](O)[C@H](O)[C@H]1O. The highest BCUT2D eigenvalue weighted by Crippen LogP contribution is 2.41. The van der Waals surface area contributed by atoms with Crippen molar-refractivity contribution in [2.24, 2.45) is 0 Å². The third kappa shape index (κ3) is 7.39. The lowest BCUT2D eigenvalue weighted by atomic mass is 9.98. The fourth-order valence-corrected chi connectivity index (χ4v) is 6.21. The van der Waals surface area contributed by atoms with Gasteiger partial charge in [0.15, 0.2) is 23.5 Å². The number of phenols is 3. The Morgan fingerprint density at radius 2 is 1.24 bits per heavy atom. The van der Waals surface area contributed by atoms with Crippen LogP contribution in [0.25, 0.3) is 22.3 Å². The number of phenolic OH excluding ortho intramolecular Hbond substituents is 3. The van der Waals surface area contributed by atoms with E-state index in [2.05, 4.69) is 0 Å². The summed E-state index contributed by atoms with van der Waals surface area (Å²) in [6.45, 7) is -0.0511. The van der Waals surface area contributed by atoms with Crippen LogP contribution in [-0.2, 0) is 18.9 Å². The summed E-state index contributed by atoms with van der Waals surface area (Å²) in [6, 6.07) is 5.08. The van der Waals surface area contributed by atoms with Crippen molar-refractivity contribution in [2.45, 2.75) is 99.0 Å². The lowest BCUT2D eigenvalue weighted by Crippen LogP contribution is -2.61. The maximum atomic E-state index is 14.0. The van der Waals surface area contributed by atoms with Crippen LogP contribution < -0.4 is 14.9 Å². The van der Waals surface area contributed by atoms with Gasteiger partial charge in [-0.1, -0.05) is 0 Å². The molecule has 0 saturated carbocycles. The molecule has 3 aliphatic rings. The van der Waals surface area contributed by atoms with Crippen molar-refractivity contribution in [2.75, 3.05) is 13.2 Å². The average Bonchev–Trinajstić information content (AvgIpc) is 3.13. The quantitative estimate of drug-likeness (QED) is 0.0980. The van der Waals surface area contributed by atoms with Gasteiger partial charge in [0.2, 0.25) is 23.8 Å². The van der Waals surface area contributed by atoms with Crippen molar-refractivity contribution in [1.82, 2.24) is 0 Å². The summed E-state index contributed by atoms with van der Waals surface area (Å²) < 4.78 is 39.1. The minimum absolute atomic E-state index is 0.145. The summed E-state index contributed by atoms with van der Waals surface area (Å²) in [4.78, 5) is 14.0. The number of fused-ring (bicyclic) bond motifs is 1. The van der Waals surface area contributed by atoms with Crippen molar-refractivity contribution in [3.8, 4) is 40.1 Å². The van der Waals surface area contributed by atoms with Crippen LogP contribution in [0.1, 0.15) is 6.92 Å². The molecule has 3 aliphatic heterocycles. The van der Waals surface area contributed by atoms with E-state index in [1.807, 2.05) is 0 Å². The van der Waals surface area contributed by atoms with Crippen LogP contribution in [0, 0.1) is 0 Å². The van der Waals surface area contributed by atoms with Gasteiger partial charge in [0.1, 0.15) is 89.6 Å². The zero-order valence-electron chi connectivity index (χ0n) is 28.0. The van der Waals surface area contributed by atoms with Gasteiger partial charge in [-0.3, -0.25) is 4.79 Å². The summed E-state index contributed by atoms with van der Waals surface area (Å²) in [5, 5.41) is 134. The van der Waals surface area contributed by atoms with Crippen molar-refractivity contribution in [3.05, 3.63) is 40.6 Å². The Kier molecular flexibility index (Phi) is 11.5. The number of aliphatic hydroxyl groups excluding tert-OH is 10. The summed E-state index contributed by atoms with van der Waals surface area (Å²) in [5.41, 5.74) is -1.64. The summed E-state index contributed by atoms with van der Waals surface area (Å²) in [7, 11) is 0. The normalized spacial score (nSPS) is 37.3. The predicted octanol–water partition coefficient (Wildman–Crippen LogP) is -4.21. The van der Waals surface area contributed by atoms with Crippen LogP contribution in [0.4, 0.5) is 0 Å². The van der Waals surface area contributed by atoms with E-state index in [0.29, 0.717) is 0 Å². The monoisotopic (exact) mass is 772 g/mol. The highest BCUT2D eigenvalue weighted by Gasteiger charge is 2.48. The van der Waals surface area contributed by atoms with Gasteiger partial charge in [-0.05, 0) is 25.1 Å². The molecular formula is C33H40O21. The first-order valence-corrected chi connectivity index (χ1v) is 16.5. The van der Waals surface area contributed by atoms with E-state index in [9.17, 15) is 71.2 Å². The number of hydrogen-bond donors (Lipinski definition) is 13. The zero-order chi connectivity index (χ0) is 39.3. The van der Waals surface area contributed by atoms with Crippen LogP contribution in [0.3, 0.4) is 0 Å². The molecule has 21 nitrogen and oxygen atoms in total. The molecule has 6 rings (SSSR count). The third-order valence-electron chi connectivity index (χ3n) is 9.37. The smallest absolute Gasteiger partial charge is 0.239 e. The molecule has 54 heavy (non-hydrogen) atoms. The maximum Gasteiger partial charge on any atom is 0.239 e. The first-order chi connectivity index (χ1) is 25.5. The first-order valence-electron chi connectivity index (χ1n) is 16.5. The maximum absolute atomic E-state index is 14.0. The second-order valence-corrected chi connectivity index (χ2v) is 13.1. The summed E-state index contributed by atoms with van der Waals surface area (Å²) in [6.07, 6.45) is -25.4. The Morgan fingerprint density at radius 3 is 1.91 bits per heavy atom. The van der Waals surface area contributed by atoms with E-state index in [1.54, 1.807) is 0 Å². The molecule has 0 spiro atoms. The summed E-state index contributed by atoms with van der Waals surface area (Å²) >= 11 is 0. The standard InChI is InChI=1S/C33H40O21/c1-9-19(38)23(42)26(45)31(49-9)48-8-17-21(40)25(44)28(47)33(53-17)54-30-22(41)18-13(37)5-11(35)6-15(18)50-29(30)10-2-3-12(36)14(4-10)51-32-27(46)24(43)20(39)16(7-34)52-32/h2-6,9,16-17,19-21,23-28,31-40,42-47H,7-8H2,1H3/t9-,16+,17+,19-,20+,21+,23+,24-,25-,26+,27+,28+,31+,32?,33-/m0/s1. The topological polar surface area (TPSA) is 349 Å². The highest BCUT2D eigenvalue weighted by molar-refractivity contribution is 5.88. The van der Waals surface area contributed by atoms with Crippen LogP contribution in [0.15, 0.2) is 39.5 Å². The molecule has 3 fully saturated rings. The molecule has 15 atom stereocenters. The lowest BCUT2D eigenvalue weighted by molar-refractivity contribution is -0.318. The zero-order valence-corrected chi connectivity index (χ0v) is 28.0. The fraction of sp³-hybridized carbons (Fsp3) is 0.545. The molecule has 4 heterocycles. The summed E-state index contributed by atoms with van der Waals surface area (Å²) in [5.74, 6) is -3.63. The van der Waals surface area contributed by atoms with Crippen LogP contribution in [0.5, 0.6) is 28.7 Å². The Bertz CT molecular complexity index is 1850. The van der Waals surface area contributed by atoms with Gasteiger partial charge in [0.25, 0.3) is 0 Å². The Labute approximate surface area is 303 Å². The van der Waals surface area contributed by atoms with E-state index in [-0.39, 0.29) is 11.1 Å². The van der Waals surface area contributed by atoms with Crippen molar-refractivity contribution in [1.29, 1.82) is 0 Å². The molecule has 1 aromatic heterocycles. The van der Waals surface area contributed by atoms with Gasteiger partial charge >= 0.3 is 0 Å². The van der Waals surface area contributed by atoms with Crippen LogP contribution in [0.2, 0.25) is 0 Å². The number of aromatic hydroxyl groups is 3. The molecule has 3 saturated heterocycles. The number of rotatable bonds is 9. The lowest BCUT2D eigenvalue weighted by Gasteiger charge is -2.42. The van der Waals surface area contributed by atoms with Gasteiger partial charge in [-0.15, -0.1) is 0 Å². The number of aliphatic hydroxyl groups is 10. The molecule has 0 radical (unpaired) electrons. The van der Waals surface area contributed by atoms with Gasteiger partial charge in [0, 0.05) is 17.7 Å². The van der Waals surface area contributed by atoms with E-state index >= 15 is 0 Å². The Hall–Kier alpha value is -3.91. The predicted molar refractivity (Wildman–Crippen MR) is 173 cm³/mol. The van der Waals surface area contributed by atoms with E-state index in [4.69, 9.17) is 32.8 Å². The molecule has 2 aromatic carbocycles. The third-order valence-corrected chi connectivity index (χ3v) is 9.37. The van der Waals surface area contributed by atoms with Crippen molar-refractivity contribution in [3.63, 3.8) is 0 Å². The number of benzene rings is 2. The first kappa shape index (κ1) is 39.8. The molecule has 0 amide bonds. The van der Waals surface area contributed by atoms with E-state index < -0.39 is 151 Å². The molecule has 0 aliphatic carbocycles. The number of ether oxygens (including phenoxy) is 6. The average molecular weight is 773 g/mol. The van der Waals surface area contributed by atoms with Crippen LogP contribution >= 0.6 is 0 Å². The van der Waals surface area contributed by atoms with E-state index in [0.717, 1.165) is 24.3 Å². The molecule has 13 N–H and O–H groups in total.